The van der Waals surface area contributed by atoms with Crippen LogP contribution in [0.25, 0.3) is 0 Å². The zero-order valence-corrected chi connectivity index (χ0v) is 12.1. The van der Waals surface area contributed by atoms with Crippen molar-refractivity contribution in [1.82, 2.24) is 5.32 Å². The highest BCUT2D eigenvalue weighted by Crippen LogP contribution is 2.17. The second kappa shape index (κ2) is 9.34. The first-order chi connectivity index (χ1) is 9.61. The molecule has 0 heterocycles. The maximum absolute atomic E-state index is 11.0. The van der Waals surface area contributed by atoms with Crippen LogP contribution in [0.1, 0.15) is 24.2 Å². The van der Waals surface area contributed by atoms with E-state index in [1.165, 1.54) is 6.07 Å². The van der Waals surface area contributed by atoms with Crippen LogP contribution in [0.2, 0.25) is 0 Å². The number of para-hydroxylation sites is 1. The molecule has 5 nitrogen and oxygen atoms in total. The molecule has 112 valence electrons. The van der Waals surface area contributed by atoms with E-state index in [2.05, 4.69) is 19.2 Å². The zero-order valence-electron chi connectivity index (χ0n) is 12.1. The van der Waals surface area contributed by atoms with Crippen molar-refractivity contribution in [3.05, 3.63) is 29.8 Å². The van der Waals surface area contributed by atoms with Crippen molar-refractivity contribution in [3.8, 4) is 5.75 Å². The predicted molar refractivity (Wildman–Crippen MR) is 77.4 cm³/mol. The summed E-state index contributed by atoms with van der Waals surface area (Å²) in [5.74, 6) is -0.0284. The lowest BCUT2D eigenvalue weighted by molar-refractivity contribution is 0.0692. The van der Waals surface area contributed by atoms with E-state index in [-0.39, 0.29) is 5.56 Å². The van der Waals surface area contributed by atoms with Crippen LogP contribution in [0.4, 0.5) is 0 Å². The molecular weight excluding hydrogens is 258 g/mol. The van der Waals surface area contributed by atoms with E-state index < -0.39 is 5.97 Å². The number of rotatable bonds is 10. The topological polar surface area (TPSA) is 67.8 Å². The van der Waals surface area contributed by atoms with Crippen molar-refractivity contribution in [2.75, 3.05) is 32.9 Å². The van der Waals surface area contributed by atoms with Crippen LogP contribution < -0.4 is 10.1 Å². The molecule has 1 aromatic rings. The number of benzene rings is 1. The molecular formula is C15H23NO4. The standard InChI is InChI=1S/C15H23NO4/c1-12(2)11-19-9-7-16-8-10-20-14-6-4-3-5-13(14)15(17)18/h3-6,12,16H,7-11H2,1-2H3,(H,17,18). The second-order valence-electron chi connectivity index (χ2n) is 4.87. The molecule has 0 aliphatic heterocycles. The van der Waals surface area contributed by atoms with Gasteiger partial charge in [-0.3, -0.25) is 0 Å². The average molecular weight is 281 g/mol. The van der Waals surface area contributed by atoms with Gasteiger partial charge >= 0.3 is 5.97 Å². The van der Waals surface area contributed by atoms with E-state index in [4.69, 9.17) is 14.6 Å². The van der Waals surface area contributed by atoms with E-state index in [1.807, 2.05) is 0 Å². The SMILES string of the molecule is CC(C)COCCNCCOc1ccccc1C(=O)O. The van der Waals surface area contributed by atoms with Crippen LogP contribution in [0.3, 0.4) is 0 Å². The average Bonchev–Trinajstić information content (AvgIpc) is 2.41. The van der Waals surface area contributed by atoms with Gasteiger partial charge in [0.05, 0.1) is 6.61 Å². The molecule has 0 fully saturated rings. The third-order valence-corrected chi connectivity index (χ3v) is 2.53. The minimum Gasteiger partial charge on any atom is -0.491 e. The number of carbonyl (C=O) groups is 1. The Morgan fingerprint density at radius 2 is 1.95 bits per heavy atom. The monoisotopic (exact) mass is 281 g/mol. The fraction of sp³-hybridized carbons (Fsp3) is 0.533. The lowest BCUT2D eigenvalue weighted by Crippen LogP contribution is -2.25. The largest absolute Gasteiger partial charge is 0.491 e. The Hall–Kier alpha value is -1.59. The molecule has 0 unspecified atom stereocenters. The highest BCUT2D eigenvalue weighted by Gasteiger charge is 2.09. The molecule has 1 aromatic carbocycles. The van der Waals surface area contributed by atoms with Crippen molar-refractivity contribution in [1.29, 1.82) is 0 Å². The van der Waals surface area contributed by atoms with E-state index in [0.717, 1.165) is 13.2 Å². The summed E-state index contributed by atoms with van der Waals surface area (Å²) in [5, 5.41) is 12.2. The summed E-state index contributed by atoms with van der Waals surface area (Å²) < 4.78 is 10.9. The Balaban J connectivity index is 2.14. The highest BCUT2D eigenvalue weighted by atomic mass is 16.5. The molecule has 0 amide bonds. The molecule has 2 N–H and O–H groups in total. The Bertz CT molecular complexity index is 407. The summed E-state index contributed by atoms with van der Waals surface area (Å²) in [4.78, 5) is 11.0. The Labute approximate surface area is 119 Å². The molecule has 0 saturated carbocycles. The zero-order chi connectivity index (χ0) is 14.8. The predicted octanol–water partition coefficient (Wildman–Crippen LogP) is 2.03. The molecule has 0 bridgehead atoms. The number of hydrogen-bond donors (Lipinski definition) is 2. The molecule has 0 saturated heterocycles. The first kappa shape index (κ1) is 16.5. The molecule has 0 atom stereocenters. The fourth-order valence-electron chi connectivity index (χ4n) is 1.59. The Kier molecular flexibility index (Phi) is 7.69. The van der Waals surface area contributed by atoms with E-state index in [9.17, 15) is 4.79 Å². The maximum Gasteiger partial charge on any atom is 0.339 e. The number of hydrogen-bond acceptors (Lipinski definition) is 4. The van der Waals surface area contributed by atoms with Crippen molar-refractivity contribution in [2.45, 2.75) is 13.8 Å². The third-order valence-electron chi connectivity index (χ3n) is 2.53. The lowest BCUT2D eigenvalue weighted by Gasteiger charge is -2.10. The van der Waals surface area contributed by atoms with Crippen LogP contribution in [0.5, 0.6) is 5.75 Å². The summed E-state index contributed by atoms with van der Waals surface area (Å²) >= 11 is 0. The number of carboxylic acids is 1. The van der Waals surface area contributed by atoms with E-state index in [1.54, 1.807) is 18.2 Å². The summed E-state index contributed by atoms with van der Waals surface area (Å²) in [6.07, 6.45) is 0. The summed E-state index contributed by atoms with van der Waals surface area (Å²) in [6, 6.07) is 6.63. The first-order valence-corrected chi connectivity index (χ1v) is 6.85. The van der Waals surface area contributed by atoms with Gasteiger partial charge in [0.25, 0.3) is 0 Å². The van der Waals surface area contributed by atoms with Gasteiger partial charge in [0.2, 0.25) is 0 Å². The van der Waals surface area contributed by atoms with Crippen LogP contribution in [-0.4, -0.2) is 44.0 Å². The van der Waals surface area contributed by atoms with Gasteiger partial charge in [-0.2, -0.15) is 0 Å². The molecule has 0 radical (unpaired) electrons. The van der Waals surface area contributed by atoms with Gasteiger partial charge < -0.3 is 19.9 Å². The molecule has 0 aliphatic rings. The molecule has 5 heteroatoms. The number of nitrogens with one attached hydrogen (secondary N) is 1. The normalized spacial score (nSPS) is 10.8. The lowest BCUT2D eigenvalue weighted by atomic mass is 10.2. The van der Waals surface area contributed by atoms with Crippen molar-refractivity contribution < 1.29 is 19.4 Å². The maximum atomic E-state index is 11.0. The third kappa shape index (κ3) is 6.54. The van der Waals surface area contributed by atoms with Crippen LogP contribution >= 0.6 is 0 Å². The van der Waals surface area contributed by atoms with Crippen LogP contribution in [0.15, 0.2) is 24.3 Å². The quantitative estimate of drug-likeness (QED) is 0.642. The number of ether oxygens (including phenoxy) is 2. The van der Waals surface area contributed by atoms with Crippen LogP contribution in [-0.2, 0) is 4.74 Å². The van der Waals surface area contributed by atoms with Gasteiger partial charge in [0.15, 0.2) is 0 Å². The van der Waals surface area contributed by atoms with Gasteiger partial charge in [0, 0.05) is 19.7 Å². The minimum absolute atomic E-state index is 0.188. The summed E-state index contributed by atoms with van der Waals surface area (Å²) in [7, 11) is 0. The van der Waals surface area contributed by atoms with Crippen molar-refractivity contribution in [2.24, 2.45) is 5.92 Å². The molecule has 20 heavy (non-hydrogen) atoms. The van der Waals surface area contributed by atoms with E-state index >= 15 is 0 Å². The van der Waals surface area contributed by atoms with Gasteiger partial charge in [-0.15, -0.1) is 0 Å². The Morgan fingerprint density at radius 1 is 1.25 bits per heavy atom. The van der Waals surface area contributed by atoms with Crippen molar-refractivity contribution in [3.63, 3.8) is 0 Å². The van der Waals surface area contributed by atoms with Gasteiger partial charge in [-0.1, -0.05) is 26.0 Å². The smallest absolute Gasteiger partial charge is 0.339 e. The Morgan fingerprint density at radius 3 is 2.65 bits per heavy atom. The van der Waals surface area contributed by atoms with Gasteiger partial charge in [-0.25, -0.2) is 4.79 Å². The molecule has 1 rings (SSSR count). The number of carboxylic acid groups (broad SMARTS) is 1. The van der Waals surface area contributed by atoms with Crippen LogP contribution in [0, 0.1) is 5.92 Å². The minimum atomic E-state index is -0.976. The summed E-state index contributed by atoms with van der Waals surface area (Å²) in [5.41, 5.74) is 0.188. The first-order valence-electron chi connectivity index (χ1n) is 6.85. The fourth-order valence-corrected chi connectivity index (χ4v) is 1.59. The highest BCUT2D eigenvalue weighted by molar-refractivity contribution is 5.90. The molecule has 0 spiro atoms. The van der Waals surface area contributed by atoms with Gasteiger partial charge in [0.1, 0.15) is 17.9 Å². The molecule has 0 aromatic heterocycles. The summed E-state index contributed by atoms with van der Waals surface area (Å²) in [6.45, 7) is 7.50. The molecule has 0 aliphatic carbocycles. The van der Waals surface area contributed by atoms with Gasteiger partial charge in [-0.05, 0) is 18.1 Å². The number of aromatic carboxylic acids is 1. The van der Waals surface area contributed by atoms with Crippen molar-refractivity contribution >= 4 is 5.97 Å². The second-order valence-corrected chi connectivity index (χ2v) is 4.87. The van der Waals surface area contributed by atoms with E-state index in [0.29, 0.717) is 31.4 Å².